The third-order valence-corrected chi connectivity index (χ3v) is 11.2. The van der Waals surface area contributed by atoms with Crippen LogP contribution >= 0.6 is 7.82 Å². The second-order valence-electron chi connectivity index (χ2n) is 15.2. The number of nitrogens with two attached hydrogens (primary N) is 1. The molecule has 5 N–H and O–H groups in total. The maximum atomic E-state index is 12.8. The Kier molecular flexibility index (Phi) is 27.2. The molecule has 1 heterocycles. The van der Waals surface area contributed by atoms with E-state index in [4.69, 9.17) is 34.6 Å². The lowest BCUT2D eigenvalue weighted by Gasteiger charge is -2.27. The number of ether oxygens (including phenoxy) is 2. The van der Waals surface area contributed by atoms with Crippen molar-refractivity contribution in [2.75, 3.05) is 19.8 Å². The number of rotatable bonds is 35. The number of hydrogen-bond donors (Lipinski definition) is 4. The molecule has 328 valence electrons. The highest BCUT2D eigenvalue weighted by Crippen LogP contribution is 2.45. The topological polar surface area (TPSA) is 210 Å². The zero-order valence-corrected chi connectivity index (χ0v) is 35.3. The number of phosphoric ester groups is 1. The molecule has 8 unspecified atom stereocenters. The van der Waals surface area contributed by atoms with Gasteiger partial charge >= 0.3 is 25.7 Å². The van der Waals surface area contributed by atoms with Crippen molar-refractivity contribution in [2.24, 2.45) is 17.6 Å². The van der Waals surface area contributed by atoms with E-state index in [1.807, 2.05) is 37.3 Å². The largest absolute Gasteiger partial charge is 0.480 e. The predicted molar refractivity (Wildman–Crippen MR) is 217 cm³/mol. The molecule has 8 atom stereocenters. The van der Waals surface area contributed by atoms with E-state index in [-0.39, 0.29) is 36.9 Å². The molecule has 0 aromatic rings. The summed E-state index contributed by atoms with van der Waals surface area (Å²) in [5, 5.41) is 19.2. The van der Waals surface area contributed by atoms with Crippen LogP contribution in [0, 0.1) is 11.8 Å². The van der Waals surface area contributed by atoms with Gasteiger partial charge in [-0.15, -0.1) is 0 Å². The van der Waals surface area contributed by atoms with E-state index in [9.17, 15) is 28.9 Å². The fourth-order valence-electron chi connectivity index (χ4n) is 6.86. The number of phosphoric acid groups is 1. The van der Waals surface area contributed by atoms with Crippen molar-refractivity contribution in [2.45, 2.75) is 179 Å². The van der Waals surface area contributed by atoms with Crippen LogP contribution in [0.25, 0.3) is 0 Å². The highest BCUT2D eigenvalue weighted by atomic mass is 31.2. The summed E-state index contributed by atoms with van der Waals surface area (Å²) in [6.07, 6.45) is 29.8. The first-order valence-corrected chi connectivity index (χ1v) is 22.9. The summed E-state index contributed by atoms with van der Waals surface area (Å²) < 4.78 is 32.7. The highest BCUT2D eigenvalue weighted by molar-refractivity contribution is 7.47. The number of aliphatic carboxylic acids is 1. The van der Waals surface area contributed by atoms with Gasteiger partial charge in [-0.25, -0.2) is 14.3 Å². The van der Waals surface area contributed by atoms with Crippen molar-refractivity contribution >= 4 is 25.7 Å². The Morgan fingerprint density at radius 1 is 0.789 bits per heavy atom. The second-order valence-corrected chi connectivity index (χ2v) is 16.7. The average molecular weight is 830 g/mol. The van der Waals surface area contributed by atoms with E-state index < -0.39 is 63.8 Å². The molecule has 0 aromatic carbocycles. The van der Waals surface area contributed by atoms with Gasteiger partial charge in [0.2, 0.25) is 0 Å². The standard InChI is InChI=1S/C42H72NO13P/c1-3-5-7-8-9-10-11-12-13-14-15-16-21-25-40(45)51-30-34(31-52-57(49,50)53-32-37(43)42(47)48)54-41(46)26-22-18-17-20-24-35-36(39-29-38(35)55-56-39)28-27-33(44)23-19-6-4-2/h6,17,19-20,27-28,33-39,44H,3-5,7-16,18,21-26,29-32,43H2,1-2H3,(H,47,48)(H,49,50)/b19-6-,20-17-,28-27+. The van der Waals surface area contributed by atoms with E-state index in [1.165, 1.54) is 57.8 Å². The molecular weight excluding hydrogens is 757 g/mol. The van der Waals surface area contributed by atoms with Gasteiger partial charge in [-0.3, -0.25) is 23.4 Å². The number of carbonyl (C=O) groups is 3. The molecule has 1 saturated heterocycles. The molecule has 57 heavy (non-hydrogen) atoms. The Morgan fingerprint density at radius 3 is 2.05 bits per heavy atom. The van der Waals surface area contributed by atoms with Gasteiger partial charge in [-0.2, -0.15) is 0 Å². The van der Waals surface area contributed by atoms with E-state index in [1.54, 1.807) is 0 Å². The molecule has 1 saturated carbocycles. The molecule has 15 heteroatoms. The van der Waals surface area contributed by atoms with Crippen LogP contribution in [0.1, 0.15) is 149 Å². The van der Waals surface area contributed by atoms with Crippen molar-refractivity contribution in [3.8, 4) is 0 Å². The van der Waals surface area contributed by atoms with Crippen LogP contribution in [-0.4, -0.2) is 83.3 Å². The summed E-state index contributed by atoms with van der Waals surface area (Å²) in [5.74, 6) is -2.18. The fraction of sp³-hybridized carbons (Fsp3) is 0.786. The second kappa shape index (κ2) is 30.6. The normalized spacial score (nSPS) is 22.0. The fourth-order valence-corrected chi connectivity index (χ4v) is 7.63. The summed E-state index contributed by atoms with van der Waals surface area (Å²) in [5.41, 5.74) is 5.34. The molecule has 0 spiro atoms. The summed E-state index contributed by atoms with van der Waals surface area (Å²) in [6, 6.07) is -1.55. The molecule has 2 fully saturated rings. The van der Waals surface area contributed by atoms with Crippen LogP contribution in [-0.2, 0) is 47.2 Å². The van der Waals surface area contributed by atoms with Gasteiger partial charge in [0.15, 0.2) is 6.10 Å². The summed E-state index contributed by atoms with van der Waals surface area (Å²) in [4.78, 5) is 57.1. The van der Waals surface area contributed by atoms with Crippen LogP contribution in [0.15, 0.2) is 36.5 Å². The van der Waals surface area contributed by atoms with Gasteiger partial charge in [-0.05, 0) is 38.5 Å². The minimum Gasteiger partial charge on any atom is -0.480 e. The van der Waals surface area contributed by atoms with Crippen molar-refractivity contribution in [3.63, 3.8) is 0 Å². The molecule has 0 radical (unpaired) electrons. The molecular formula is C42H72NO13P. The van der Waals surface area contributed by atoms with Gasteiger partial charge in [-0.1, -0.05) is 127 Å². The number of carboxylic acids is 1. The Balaban J connectivity index is 1.75. The lowest BCUT2D eigenvalue weighted by molar-refractivity contribution is -0.336. The summed E-state index contributed by atoms with van der Waals surface area (Å²) in [6.45, 7) is 2.47. The number of carbonyl (C=O) groups excluding carboxylic acids is 2. The van der Waals surface area contributed by atoms with Crippen molar-refractivity contribution in [1.29, 1.82) is 0 Å². The van der Waals surface area contributed by atoms with Crippen molar-refractivity contribution < 1.29 is 62.4 Å². The maximum absolute atomic E-state index is 12.8. The van der Waals surface area contributed by atoms with E-state index >= 15 is 0 Å². The SMILES string of the molecule is CC/C=C\CC(O)/C=C/C1C2CC(OO2)C1C/C=C\CCCC(=O)OC(COC(=O)CCCCCCCCCCCCCCC)COP(=O)(O)OCC(N)C(=O)O. The number of unbranched alkanes of at least 4 members (excludes halogenated alkanes) is 13. The first-order chi connectivity index (χ1) is 27.5. The van der Waals surface area contributed by atoms with Gasteiger partial charge < -0.3 is 30.3 Å². The average Bonchev–Trinajstić information content (AvgIpc) is 3.79. The number of fused-ring (bicyclic) bond motifs is 2. The molecule has 2 aliphatic rings. The number of carboxylic acid groups (broad SMARTS) is 1. The first-order valence-electron chi connectivity index (χ1n) is 21.4. The number of hydrogen-bond acceptors (Lipinski definition) is 12. The van der Waals surface area contributed by atoms with Gasteiger partial charge in [0, 0.05) is 31.1 Å². The zero-order chi connectivity index (χ0) is 41.7. The molecule has 0 aromatic heterocycles. The lowest BCUT2D eigenvalue weighted by atomic mass is 9.89. The molecule has 14 nitrogen and oxygen atoms in total. The predicted octanol–water partition coefficient (Wildman–Crippen LogP) is 8.19. The van der Waals surface area contributed by atoms with E-state index in [2.05, 4.69) is 17.5 Å². The van der Waals surface area contributed by atoms with Gasteiger partial charge in [0.25, 0.3) is 0 Å². The van der Waals surface area contributed by atoms with Crippen LogP contribution < -0.4 is 5.73 Å². The van der Waals surface area contributed by atoms with Crippen LogP contribution in [0.3, 0.4) is 0 Å². The Hall–Kier alpha value is -2.42. The monoisotopic (exact) mass is 829 g/mol. The van der Waals surface area contributed by atoms with Crippen LogP contribution in [0.5, 0.6) is 0 Å². The van der Waals surface area contributed by atoms with E-state index in [0.717, 1.165) is 38.5 Å². The quantitative estimate of drug-likeness (QED) is 0.0156. The lowest BCUT2D eigenvalue weighted by Crippen LogP contribution is -2.34. The molecule has 1 aliphatic heterocycles. The molecule has 1 aliphatic carbocycles. The summed E-state index contributed by atoms with van der Waals surface area (Å²) in [7, 11) is -4.76. The third-order valence-electron chi connectivity index (χ3n) is 10.2. The number of esters is 2. The molecule has 2 bridgehead atoms. The van der Waals surface area contributed by atoms with Crippen molar-refractivity contribution in [1.82, 2.24) is 0 Å². The first kappa shape index (κ1) is 50.7. The Labute approximate surface area is 340 Å². The zero-order valence-electron chi connectivity index (χ0n) is 34.4. The van der Waals surface area contributed by atoms with Gasteiger partial charge in [0.05, 0.1) is 25.4 Å². The van der Waals surface area contributed by atoms with E-state index in [0.29, 0.717) is 25.7 Å². The summed E-state index contributed by atoms with van der Waals surface area (Å²) >= 11 is 0. The van der Waals surface area contributed by atoms with Crippen LogP contribution in [0.4, 0.5) is 0 Å². The number of aliphatic hydroxyl groups is 1. The van der Waals surface area contributed by atoms with Crippen LogP contribution in [0.2, 0.25) is 0 Å². The Morgan fingerprint density at radius 2 is 1.40 bits per heavy atom. The number of allylic oxidation sites excluding steroid dienone is 3. The molecule has 0 amide bonds. The minimum absolute atomic E-state index is 0.0161. The van der Waals surface area contributed by atoms with Gasteiger partial charge in [0.1, 0.15) is 18.8 Å². The highest BCUT2D eigenvalue weighted by Gasteiger charge is 2.49. The smallest absolute Gasteiger partial charge is 0.472 e. The Bertz CT molecular complexity index is 1260. The minimum atomic E-state index is -4.76. The number of aliphatic hydroxyl groups excluding tert-OH is 1. The third kappa shape index (κ3) is 23.7. The molecule has 2 rings (SSSR count). The van der Waals surface area contributed by atoms with Crippen molar-refractivity contribution in [3.05, 3.63) is 36.5 Å². The maximum Gasteiger partial charge on any atom is 0.472 e.